The van der Waals surface area contributed by atoms with Gasteiger partial charge in [0.2, 0.25) is 5.88 Å². The molecule has 8 rings (SSSR count). The second-order valence-corrected chi connectivity index (χ2v) is 16.8. The number of phenols is 1. The lowest BCUT2D eigenvalue weighted by Crippen LogP contribution is -2.60. The number of hydrogen-bond donors (Lipinski definition) is 3. The Kier molecular flexibility index (Phi) is 9.03. The molecule has 53 heavy (non-hydrogen) atoms. The number of pyridine rings is 1. The van der Waals surface area contributed by atoms with Gasteiger partial charge in [0.25, 0.3) is 0 Å². The monoisotopic (exact) mass is 726 g/mol. The summed E-state index contributed by atoms with van der Waals surface area (Å²) in [5.41, 5.74) is -0.829. The highest BCUT2D eigenvalue weighted by atomic mass is 19.1. The van der Waals surface area contributed by atoms with E-state index in [-0.39, 0.29) is 74.1 Å². The third-order valence-electron chi connectivity index (χ3n) is 12.9. The number of methoxy groups -OCH3 is 1. The van der Waals surface area contributed by atoms with Gasteiger partial charge in [-0.1, -0.05) is 25.3 Å². The van der Waals surface area contributed by atoms with Crippen molar-refractivity contribution in [2.75, 3.05) is 26.9 Å². The molecule has 2 aromatic carbocycles. The van der Waals surface area contributed by atoms with Gasteiger partial charge >= 0.3 is 6.01 Å². The first-order valence-electron chi connectivity index (χ1n) is 19.0. The van der Waals surface area contributed by atoms with Crippen LogP contribution >= 0.6 is 0 Å². The van der Waals surface area contributed by atoms with Crippen LogP contribution in [0.15, 0.2) is 24.3 Å². The zero-order valence-electron chi connectivity index (χ0n) is 30.7. The van der Waals surface area contributed by atoms with Crippen LogP contribution in [0.4, 0.5) is 8.78 Å². The van der Waals surface area contributed by atoms with Gasteiger partial charge in [0.05, 0.1) is 36.0 Å². The first kappa shape index (κ1) is 35.9. The Morgan fingerprint density at radius 2 is 1.77 bits per heavy atom. The van der Waals surface area contributed by atoms with Crippen molar-refractivity contribution in [1.82, 2.24) is 19.9 Å². The molecule has 1 aliphatic heterocycles. The highest BCUT2D eigenvalue weighted by Gasteiger charge is 2.53. The van der Waals surface area contributed by atoms with Gasteiger partial charge in [-0.15, -0.1) is 6.42 Å². The summed E-state index contributed by atoms with van der Waals surface area (Å²) in [4.78, 5) is 17.0. The SMILES string of the molecule is C#Cc1c(F)ccc2cc(O)cc(-c3nc(OC)c4c(C5CCC[C@@](C)(O)C5)nc(OC[C@]56CCC[C@H]5N(C5CC(C)(CO)C5)CCC6)nc4c3F)c12. The number of benzene rings is 2. The minimum Gasteiger partial charge on any atom is -0.508 e. The van der Waals surface area contributed by atoms with Crippen molar-refractivity contribution in [3.05, 3.63) is 47.2 Å². The summed E-state index contributed by atoms with van der Waals surface area (Å²) >= 11 is 0. The number of rotatable bonds is 8. The van der Waals surface area contributed by atoms with Gasteiger partial charge in [-0.05, 0) is 107 Å². The first-order valence-corrected chi connectivity index (χ1v) is 19.0. The van der Waals surface area contributed by atoms with E-state index in [2.05, 4.69) is 22.7 Å². The van der Waals surface area contributed by atoms with E-state index in [0.29, 0.717) is 49.0 Å². The quantitative estimate of drug-likeness (QED) is 0.160. The number of hydrogen-bond acceptors (Lipinski definition) is 9. The fourth-order valence-electron chi connectivity index (χ4n) is 10.3. The van der Waals surface area contributed by atoms with Gasteiger partial charge in [0, 0.05) is 41.0 Å². The smallest absolute Gasteiger partial charge is 0.317 e. The number of terminal acetylenes is 1. The molecule has 4 aliphatic rings. The number of aliphatic hydroxyl groups is 2. The van der Waals surface area contributed by atoms with E-state index in [4.69, 9.17) is 25.9 Å². The summed E-state index contributed by atoms with van der Waals surface area (Å²) in [5.74, 6) is 0.559. The summed E-state index contributed by atoms with van der Waals surface area (Å²) in [7, 11) is 1.43. The molecule has 4 atom stereocenters. The van der Waals surface area contributed by atoms with Crippen LogP contribution < -0.4 is 9.47 Å². The van der Waals surface area contributed by atoms with Crippen LogP contribution in [0.1, 0.15) is 102 Å². The van der Waals surface area contributed by atoms with Crippen LogP contribution in [0.5, 0.6) is 17.6 Å². The van der Waals surface area contributed by atoms with Crippen LogP contribution in [-0.4, -0.2) is 79.7 Å². The Morgan fingerprint density at radius 3 is 2.51 bits per heavy atom. The molecule has 4 aromatic rings. The summed E-state index contributed by atoms with van der Waals surface area (Å²) in [5, 5.41) is 32.7. The lowest BCUT2D eigenvalue weighted by atomic mass is 9.65. The van der Waals surface area contributed by atoms with E-state index >= 15 is 8.78 Å². The van der Waals surface area contributed by atoms with Crippen molar-refractivity contribution < 1.29 is 33.6 Å². The topological polar surface area (TPSA) is 121 Å². The number of phenolic OH excluding ortho intramolecular Hbond substituents is 1. The third-order valence-corrected chi connectivity index (χ3v) is 12.9. The number of likely N-dealkylation sites (tertiary alicyclic amines) is 1. The van der Waals surface area contributed by atoms with Crippen LogP contribution in [-0.2, 0) is 0 Å². The Morgan fingerprint density at radius 1 is 1.00 bits per heavy atom. The molecule has 3 heterocycles. The van der Waals surface area contributed by atoms with E-state index in [1.54, 1.807) is 0 Å². The molecular weight excluding hydrogens is 678 g/mol. The summed E-state index contributed by atoms with van der Waals surface area (Å²) in [6.45, 7) is 5.58. The van der Waals surface area contributed by atoms with Gasteiger partial charge in [0.1, 0.15) is 22.8 Å². The maximum Gasteiger partial charge on any atom is 0.317 e. The predicted molar refractivity (Wildman–Crippen MR) is 198 cm³/mol. The van der Waals surface area contributed by atoms with Crippen molar-refractivity contribution in [3.8, 4) is 41.2 Å². The Labute approximate surface area is 308 Å². The third kappa shape index (κ3) is 6.17. The van der Waals surface area contributed by atoms with E-state index in [0.717, 1.165) is 57.9 Å². The molecule has 4 fully saturated rings. The molecule has 9 nitrogen and oxygen atoms in total. The fraction of sp³-hybridized carbons (Fsp3) is 0.548. The van der Waals surface area contributed by atoms with Gasteiger partial charge < -0.3 is 24.8 Å². The zero-order valence-corrected chi connectivity index (χ0v) is 30.7. The number of halogens is 2. The zero-order chi connectivity index (χ0) is 37.3. The molecule has 3 N–H and O–H groups in total. The van der Waals surface area contributed by atoms with E-state index in [9.17, 15) is 15.3 Å². The standard InChI is InChI=1S/C42H48F2N4O5/c1-5-28-30(43)12-11-24-17-27(50)18-29(32(24)28)36-34(44)37-33(38(45-36)52-4)35(25-9-6-13-41(3,51)19-25)46-39(47-37)53-23-42-14-7-10-31(42)48(16-8-15-42)26-20-40(2,21-26)22-49/h1,11-12,17-18,25-26,31,49-51H,6-10,13-16,19-23H2,2-4H3/t25?,26?,31-,40?,41-,42-/m1/s1. The maximum atomic E-state index is 17.3. The van der Waals surface area contributed by atoms with Gasteiger partial charge in [-0.25, -0.2) is 13.8 Å². The molecule has 280 valence electrons. The summed E-state index contributed by atoms with van der Waals surface area (Å²) < 4.78 is 44.7. The Hall–Kier alpha value is -4.11. The van der Waals surface area contributed by atoms with Crippen molar-refractivity contribution in [3.63, 3.8) is 0 Å². The fourth-order valence-corrected chi connectivity index (χ4v) is 10.3. The van der Waals surface area contributed by atoms with Crippen LogP contribution in [0.2, 0.25) is 0 Å². The van der Waals surface area contributed by atoms with Crippen LogP contribution in [0.3, 0.4) is 0 Å². The normalized spacial score (nSPS) is 30.2. The van der Waals surface area contributed by atoms with E-state index in [1.165, 1.54) is 31.4 Å². The molecule has 3 aliphatic carbocycles. The van der Waals surface area contributed by atoms with E-state index in [1.807, 2.05) is 6.92 Å². The van der Waals surface area contributed by atoms with Crippen molar-refractivity contribution in [2.24, 2.45) is 10.8 Å². The van der Waals surface area contributed by atoms with Crippen molar-refractivity contribution in [1.29, 1.82) is 0 Å². The first-order chi connectivity index (χ1) is 25.4. The molecule has 0 bridgehead atoms. The number of fused-ring (bicyclic) bond motifs is 3. The van der Waals surface area contributed by atoms with Gasteiger partial charge in [0.15, 0.2) is 5.82 Å². The highest BCUT2D eigenvalue weighted by molar-refractivity contribution is 6.03. The van der Waals surface area contributed by atoms with Crippen molar-refractivity contribution in [2.45, 2.75) is 108 Å². The Balaban J connectivity index is 1.24. The molecule has 11 heteroatoms. The number of aliphatic hydroxyl groups excluding tert-OH is 1. The molecule has 3 saturated carbocycles. The number of ether oxygens (including phenoxy) is 2. The highest BCUT2D eigenvalue weighted by Crippen LogP contribution is 2.53. The molecule has 1 unspecified atom stereocenters. The van der Waals surface area contributed by atoms with Crippen LogP contribution in [0.25, 0.3) is 32.9 Å². The second-order valence-electron chi connectivity index (χ2n) is 16.8. The lowest BCUT2D eigenvalue weighted by molar-refractivity contribution is -0.0884. The average Bonchev–Trinajstić information content (AvgIpc) is 3.57. The van der Waals surface area contributed by atoms with Crippen molar-refractivity contribution >= 4 is 21.7 Å². The number of nitrogens with zero attached hydrogens (tertiary/aromatic N) is 4. The van der Waals surface area contributed by atoms with E-state index < -0.39 is 17.2 Å². The number of aromatic hydroxyl groups is 1. The molecule has 2 aromatic heterocycles. The molecule has 0 spiro atoms. The molecule has 0 amide bonds. The number of piperidine rings is 1. The van der Waals surface area contributed by atoms with Gasteiger partial charge in [-0.3, -0.25) is 4.90 Å². The number of aromatic nitrogens is 3. The molecular formula is C42H48F2N4O5. The lowest BCUT2D eigenvalue weighted by Gasteiger charge is -2.56. The minimum absolute atomic E-state index is 0.0147. The maximum absolute atomic E-state index is 17.3. The van der Waals surface area contributed by atoms with Gasteiger partial charge in [-0.2, -0.15) is 9.97 Å². The summed E-state index contributed by atoms with van der Waals surface area (Å²) in [6, 6.07) is 6.28. The molecule has 1 saturated heterocycles. The second kappa shape index (κ2) is 13.3. The average molecular weight is 727 g/mol. The molecule has 0 radical (unpaired) electrons. The minimum atomic E-state index is -0.939. The predicted octanol–water partition coefficient (Wildman–Crippen LogP) is 7.40. The largest absolute Gasteiger partial charge is 0.508 e. The Bertz CT molecular complexity index is 2130. The van der Waals surface area contributed by atoms with Crippen LogP contribution in [0, 0.1) is 34.8 Å². The summed E-state index contributed by atoms with van der Waals surface area (Å²) in [6.07, 6.45) is 15.5.